The highest BCUT2D eigenvalue weighted by Crippen LogP contribution is 2.33. The van der Waals surface area contributed by atoms with Crippen molar-refractivity contribution in [1.82, 2.24) is 14.7 Å². The molecule has 1 aromatic carbocycles. The lowest BCUT2D eigenvalue weighted by Gasteiger charge is -2.40. The van der Waals surface area contributed by atoms with E-state index in [2.05, 4.69) is 9.80 Å². The zero-order valence-corrected chi connectivity index (χ0v) is 17.3. The molecule has 0 N–H and O–H groups in total. The minimum absolute atomic E-state index is 0.0598. The summed E-state index contributed by atoms with van der Waals surface area (Å²) in [6, 6.07) is 5.88. The first kappa shape index (κ1) is 22.1. The summed E-state index contributed by atoms with van der Waals surface area (Å²) in [6.45, 7) is 7.04. The van der Waals surface area contributed by atoms with Gasteiger partial charge in [-0.2, -0.15) is 13.2 Å². The fraction of sp³-hybridized carbons (Fsp3) is 0.682. The van der Waals surface area contributed by atoms with Gasteiger partial charge in [0.05, 0.1) is 5.56 Å². The minimum atomic E-state index is -4.34. The molecule has 162 valence electrons. The molecule has 7 heteroatoms. The molecule has 2 fully saturated rings. The number of hydrogen-bond acceptors (Lipinski definition) is 3. The molecule has 29 heavy (non-hydrogen) atoms. The summed E-state index contributed by atoms with van der Waals surface area (Å²) in [5.74, 6) is 0.0598. The number of rotatable bonds is 6. The largest absolute Gasteiger partial charge is 0.416 e. The second kappa shape index (κ2) is 9.94. The normalized spacial score (nSPS) is 21.9. The van der Waals surface area contributed by atoms with Crippen LogP contribution in [0.5, 0.6) is 0 Å². The highest BCUT2D eigenvalue weighted by molar-refractivity contribution is 5.73. The van der Waals surface area contributed by atoms with Crippen molar-refractivity contribution >= 4 is 5.91 Å². The third kappa shape index (κ3) is 6.19. The fourth-order valence-electron chi connectivity index (χ4n) is 4.63. The molecule has 2 aliphatic rings. The molecular formula is C22H32F3N3O. The Bertz CT molecular complexity index is 674. The van der Waals surface area contributed by atoms with Gasteiger partial charge in [0.2, 0.25) is 5.91 Å². The molecule has 0 spiro atoms. The Kier molecular flexibility index (Phi) is 7.57. The SMILES string of the molecule is CC(=O)N(CCN1CCCCC1)C1CCCN(Cc2ccccc2C(F)(F)F)C1. The van der Waals surface area contributed by atoms with Gasteiger partial charge in [0.25, 0.3) is 0 Å². The molecule has 1 unspecified atom stereocenters. The van der Waals surface area contributed by atoms with E-state index in [1.165, 1.54) is 25.3 Å². The van der Waals surface area contributed by atoms with Crippen LogP contribution in [0.2, 0.25) is 0 Å². The number of halogens is 3. The zero-order valence-electron chi connectivity index (χ0n) is 17.3. The van der Waals surface area contributed by atoms with Gasteiger partial charge in [-0.15, -0.1) is 0 Å². The Labute approximate surface area is 171 Å². The summed E-state index contributed by atoms with van der Waals surface area (Å²) in [6.07, 6.45) is 1.19. The molecule has 0 aromatic heterocycles. The maximum absolute atomic E-state index is 13.3. The van der Waals surface area contributed by atoms with E-state index in [9.17, 15) is 18.0 Å². The van der Waals surface area contributed by atoms with Crippen LogP contribution in [0.4, 0.5) is 13.2 Å². The third-order valence-corrected chi connectivity index (χ3v) is 6.15. The van der Waals surface area contributed by atoms with Crippen molar-refractivity contribution in [2.45, 2.75) is 57.8 Å². The van der Waals surface area contributed by atoms with Crippen molar-refractivity contribution in [3.63, 3.8) is 0 Å². The molecule has 2 saturated heterocycles. The Hall–Kier alpha value is -1.60. The van der Waals surface area contributed by atoms with Gasteiger partial charge in [-0.05, 0) is 56.9 Å². The van der Waals surface area contributed by atoms with Crippen LogP contribution in [0.15, 0.2) is 24.3 Å². The van der Waals surface area contributed by atoms with Crippen molar-refractivity contribution in [3.05, 3.63) is 35.4 Å². The van der Waals surface area contributed by atoms with E-state index in [4.69, 9.17) is 0 Å². The quantitative estimate of drug-likeness (QED) is 0.708. The standard InChI is InChI=1S/C22H32F3N3O/c1-18(29)28(15-14-26-11-5-2-6-12-26)20-9-7-13-27(17-20)16-19-8-3-4-10-21(19)22(23,24)25/h3-4,8,10,20H,2,5-7,9,11-17H2,1H3. The number of hydrogen-bond donors (Lipinski definition) is 0. The Morgan fingerprint density at radius 3 is 2.45 bits per heavy atom. The maximum atomic E-state index is 13.3. The minimum Gasteiger partial charge on any atom is -0.337 e. The number of carbonyl (C=O) groups excluding carboxylic acids is 1. The molecule has 2 heterocycles. The van der Waals surface area contributed by atoms with Crippen molar-refractivity contribution in [2.24, 2.45) is 0 Å². The number of likely N-dealkylation sites (tertiary alicyclic amines) is 2. The first-order valence-corrected chi connectivity index (χ1v) is 10.7. The topological polar surface area (TPSA) is 26.8 Å². The maximum Gasteiger partial charge on any atom is 0.416 e. The van der Waals surface area contributed by atoms with Gasteiger partial charge in [0, 0.05) is 39.1 Å². The molecule has 3 rings (SSSR count). The Morgan fingerprint density at radius 1 is 1.07 bits per heavy atom. The van der Waals surface area contributed by atoms with Gasteiger partial charge in [0.15, 0.2) is 0 Å². The van der Waals surface area contributed by atoms with Crippen molar-refractivity contribution in [1.29, 1.82) is 0 Å². The summed E-state index contributed by atoms with van der Waals surface area (Å²) in [7, 11) is 0. The van der Waals surface area contributed by atoms with Crippen molar-refractivity contribution in [3.8, 4) is 0 Å². The first-order chi connectivity index (χ1) is 13.8. The summed E-state index contributed by atoms with van der Waals surface area (Å²) in [5.41, 5.74) is -0.251. The third-order valence-electron chi connectivity index (χ3n) is 6.15. The van der Waals surface area contributed by atoms with Crippen molar-refractivity contribution < 1.29 is 18.0 Å². The number of piperidine rings is 2. The van der Waals surface area contributed by atoms with Crippen LogP contribution in [-0.4, -0.2) is 65.9 Å². The van der Waals surface area contributed by atoms with E-state index in [0.29, 0.717) is 18.7 Å². The molecule has 4 nitrogen and oxygen atoms in total. The summed E-state index contributed by atoms with van der Waals surface area (Å²) >= 11 is 0. The number of amides is 1. The van der Waals surface area contributed by atoms with Gasteiger partial charge in [0.1, 0.15) is 0 Å². The molecule has 0 radical (unpaired) electrons. The van der Waals surface area contributed by atoms with Crippen LogP contribution in [0, 0.1) is 0 Å². The molecular weight excluding hydrogens is 379 g/mol. The predicted octanol–water partition coefficient (Wildman–Crippen LogP) is 4.00. The van der Waals surface area contributed by atoms with Crippen LogP contribution in [-0.2, 0) is 17.5 Å². The fourth-order valence-corrected chi connectivity index (χ4v) is 4.63. The first-order valence-electron chi connectivity index (χ1n) is 10.7. The van der Waals surface area contributed by atoms with Crippen LogP contribution in [0.3, 0.4) is 0 Å². The summed E-state index contributed by atoms with van der Waals surface area (Å²) in [5, 5.41) is 0. The van der Waals surface area contributed by atoms with E-state index in [-0.39, 0.29) is 18.5 Å². The number of alkyl halides is 3. The van der Waals surface area contributed by atoms with Gasteiger partial charge < -0.3 is 9.80 Å². The van der Waals surface area contributed by atoms with Gasteiger partial charge in [-0.1, -0.05) is 24.6 Å². The predicted molar refractivity (Wildman–Crippen MR) is 107 cm³/mol. The van der Waals surface area contributed by atoms with E-state index in [1.54, 1.807) is 19.1 Å². The zero-order chi connectivity index (χ0) is 20.9. The summed E-state index contributed by atoms with van der Waals surface area (Å²) < 4.78 is 39.9. The molecule has 0 aliphatic carbocycles. The van der Waals surface area contributed by atoms with E-state index < -0.39 is 11.7 Å². The highest BCUT2D eigenvalue weighted by Gasteiger charge is 2.34. The molecule has 1 aromatic rings. The Morgan fingerprint density at radius 2 is 1.76 bits per heavy atom. The monoisotopic (exact) mass is 411 g/mol. The average molecular weight is 412 g/mol. The van der Waals surface area contributed by atoms with Gasteiger partial charge in [-0.3, -0.25) is 9.69 Å². The summed E-state index contributed by atoms with van der Waals surface area (Å²) in [4.78, 5) is 18.7. The lowest BCUT2D eigenvalue weighted by Crippen LogP contribution is -2.51. The average Bonchev–Trinajstić information content (AvgIpc) is 2.69. The molecule has 0 saturated carbocycles. The van der Waals surface area contributed by atoms with Crippen LogP contribution in [0.1, 0.15) is 50.2 Å². The molecule has 1 amide bonds. The van der Waals surface area contributed by atoms with Crippen LogP contribution in [0.25, 0.3) is 0 Å². The van der Waals surface area contributed by atoms with E-state index >= 15 is 0 Å². The highest BCUT2D eigenvalue weighted by atomic mass is 19.4. The lowest BCUT2D eigenvalue weighted by molar-refractivity contribution is -0.138. The van der Waals surface area contributed by atoms with E-state index in [0.717, 1.165) is 45.1 Å². The van der Waals surface area contributed by atoms with Crippen LogP contribution >= 0.6 is 0 Å². The number of benzene rings is 1. The smallest absolute Gasteiger partial charge is 0.337 e. The number of nitrogens with zero attached hydrogens (tertiary/aromatic N) is 3. The number of carbonyl (C=O) groups is 1. The van der Waals surface area contributed by atoms with Gasteiger partial charge >= 0.3 is 6.18 Å². The second-order valence-corrected chi connectivity index (χ2v) is 8.30. The van der Waals surface area contributed by atoms with Crippen molar-refractivity contribution in [2.75, 3.05) is 39.3 Å². The lowest BCUT2D eigenvalue weighted by atomic mass is 10.0. The molecule has 0 bridgehead atoms. The Balaban J connectivity index is 1.62. The van der Waals surface area contributed by atoms with Gasteiger partial charge in [-0.25, -0.2) is 0 Å². The van der Waals surface area contributed by atoms with E-state index in [1.807, 2.05) is 4.90 Å². The molecule has 1 atom stereocenters. The second-order valence-electron chi connectivity index (χ2n) is 8.30. The van der Waals surface area contributed by atoms with Crippen LogP contribution < -0.4 is 0 Å². The molecule has 2 aliphatic heterocycles.